The molecule has 0 spiro atoms. The number of anilines is 1. The van der Waals surface area contributed by atoms with Gasteiger partial charge in [-0.25, -0.2) is 0 Å². The Labute approximate surface area is 194 Å². The number of benzene rings is 2. The molecule has 8 heteroatoms. The molecule has 2 aromatic carbocycles. The summed E-state index contributed by atoms with van der Waals surface area (Å²) in [7, 11) is 2.99. The van der Waals surface area contributed by atoms with Crippen LogP contribution in [0.5, 0.6) is 11.5 Å². The molecule has 32 heavy (non-hydrogen) atoms. The Kier molecular flexibility index (Phi) is 5.95. The maximum Gasteiger partial charge on any atom is 0.300 e. The lowest BCUT2D eigenvalue weighted by atomic mass is 9.98. The number of aliphatic hydroxyl groups is 1. The summed E-state index contributed by atoms with van der Waals surface area (Å²) in [6, 6.07) is 12.6. The highest BCUT2D eigenvalue weighted by molar-refractivity contribution is 7.10. The molecule has 1 aliphatic heterocycles. The molecule has 3 aromatic rings. The van der Waals surface area contributed by atoms with Crippen molar-refractivity contribution in [3.63, 3.8) is 0 Å². The van der Waals surface area contributed by atoms with E-state index in [4.69, 9.17) is 21.1 Å². The normalized spacial score (nSPS) is 17.6. The van der Waals surface area contributed by atoms with E-state index in [1.165, 1.54) is 30.5 Å². The van der Waals surface area contributed by atoms with Crippen molar-refractivity contribution in [1.82, 2.24) is 0 Å². The maximum absolute atomic E-state index is 13.2. The molecule has 1 saturated heterocycles. The average Bonchev–Trinajstić information content (AvgIpc) is 3.33. The van der Waals surface area contributed by atoms with Crippen LogP contribution < -0.4 is 14.4 Å². The van der Waals surface area contributed by atoms with Crippen LogP contribution >= 0.6 is 22.9 Å². The van der Waals surface area contributed by atoms with E-state index in [9.17, 15) is 14.7 Å². The molecule has 0 radical (unpaired) electrons. The minimum atomic E-state index is -0.774. The quantitative estimate of drug-likeness (QED) is 0.309. The SMILES string of the molecule is COc1ccc(/C(O)=C2/C(=O)C(=O)N(c3ccc(Cl)cc3)C2c2sccc2C)cc1OC. The molecule has 1 unspecified atom stereocenters. The van der Waals surface area contributed by atoms with Crippen molar-refractivity contribution in [2.45, 2.75) is 13.0 Å². The number of aryl methyl sites for hydroxylation is 1. The number of carbonyl (C=O) groups is 2. The summed E-state index contributed by atoms with van der Waals surface area (Å²) < 4.78 is 10.6. The summed E-state index contributed by atoms with van der Waals surface area (Å²) in [4.78, 5) is 28.5. The fourth-order valence-corrected chi connectivity index (χ4v) is 4.90. The number of methoxy groups -OCH3 is 2. The van der Waals surface area contributed by atoms with E-state index in [0.29, 0.717) is 27.8 Å². The molecule has 1 N–H and O–H groups in total. The van der Waals surface area contributed by atoms with Crippen LogP contribution in [0.25, 0.3) is 5.76 Å². The molecule has 2 heterocycles. The van der Waals surface area contributed by atoms with Gasteiger partial charge in [0, 0.05) is 21.2 Å². The van der Waals surface area contributed by atoms with Gasteiger partial charge in [-0.1, -0.05) is 11.6 Å². The van der Waals surface area contributed by atoms with Crippen LogP contribution in [0.2, 0.25) is 5.02 Å². The third-order valence-electron chi connectivity index (χ3n) is 5.36. The third-order valence-corrected chi connectivity index (χ3v) is 6.68. The molecule has 0 bridgehead atoms. The number of thiophene rings is 1. The zero-order valence-electron chi connectivity index (χ0n) is 17.6. The Morgan fingerprint density at radius 2 is 1.72 bits per heavy atom. The van der Waals surface area contributed by atoms with Gasteiger partial charge in [0.05, 0.1) is 19.8 Å². The number of nitrogens with zero attached hydrogens (tertiary/aromatic N) is 1. The van der Waals surface area contributed by atoms with E-state index in [0.717, 1.165) is 10.4 Å². The zero-order chi connectivity index (χ0) is 23.0. The van der Waals surface area contributed by atoms with Gasteiger partial charge < -0.3 is 14.6 Å². The second-order valence-corrected chi connectivity index (χ2v) is 8.57. The first-order valence-corrected chi connectivity index (χ1v) is 11.0. The van der Waals surface area contributed by atoms with Crippen molar-refractivity contribution in [2.75, 3.05) is 19.1 Å². The van der Waals surface area contributed by atoms with Crippen LogP contribution in [0, 0.1) is 6.92 Å². The highest BCUT2D eigenvalue weighted by Gasteiger charge is 2.48. The monoisotopic (exact) mass is 469 g/mol. The molecule has 0 aliphatic carbocycles. The van der Waals surface area contributed by atoms with Gasteiger partial charge in [-0.05, 0) is 66.4 Å². The molecule has 1 fully saturated rings. The highest BCUT2D eigenvalue weighted by Crippen LogP contribution is 2.45. The number of amides is 1. The lowest BCUT2D eigenvalue weighted by Gasteiger charge is -2.25. The second kappa shape index (κ2) is 8.68. The number of hydrogen-bond donors (Lipinski definition) is 1. The fraction of sp³-hybridized carbons (Fsp3) is 0.167. The minimum absolute atomic E-state index is 0.0164. The number of rotatable bonds is 5. The third kappa shape index (κ3) is 3.63. The molecular formula is C24H20ClNO5S. The summed E-state index contributed by atoms with van der Waals surface area (Å²) in [5, 5.41) is 13.6. The number of Topliss-reactive ketones (excluding diaryl/α,β-unsaturated/α-hetero) is 1. The first-order valence-electron chi connectivity index (χ1n) is 9.70. The predicted octanol–water partition coefficient (Wildman–Crippen LogP) is 5.35. The van der Waals surface area contributed by atoms with E-state index in [1.807, 2.05) is 18.4 Å². The Bertz CT molecular complexity index is 1230. The van der Waals surface area contributed by atoms with E-state index in [-0.39, 0.29) is 11.3 Å². The topological polar surface area (TPSA) is 76.1 Å². The largest absolute Gasteiger partial charge is 0.507 e. The Balaban J connectivity index is 1.93. The molecule has 6 nitrogen and oxygen atoms in total. The highest BCUT2D eigenvalue weighted by atomic mass is 35.5. The number of ether oxygens (including phenoxy) is 2. The van der Waals surface area contributed by atoms with E-state index in [2.05, 4.69) is 0 Å². The van der Waals surface area contributed by atoms with Crippen LogP contribution in [0.15, 0.2) is 59.5 Å². The van der Waals surface area contributed by atoms with E-state index in [1.54, 1.807) is 42.5 Å². The van der Waals surface area contributed by atoms with Crippen molar-refractivity contribution < 1.29 is 24.2 Å². The van der Waals surface area contributed by atoms with Gasteiger partial charge in [0.1, 0.15) is 11.8 Å². The molecule has 1 atom stereocenters. The van der Waals surface area contributed by atoms with Gasteiger partial charge >= 0.3 is 0 Å². The number of carbonyl (C=O) groups excluding carboxylic acids is 2. The van der Waals surface area contributed by atoms with Gasteiger partial charge in [0.2, 0.25) is 0 Å². The van der Waals surface area contributed by atoms with Crippen molar-refractivity contribution in [3.8, 4) is 11.5 Å². The molecule has 1 aromatic heterocycles. The second-order valence-electron chi connectivity index (χ2n) is 7.18. The van der Waals surface area contributed by atoms with Crippen molar-refractivity contribution in [3.05, 3.63) is 80.5 Å². The molecule has 4 rings (SSSR count). The van der Waals surface area contributed by atoms with E-state index >= 15 is 0 Å². The summed E-state index contributed by atoms with van der Waals surface area (Å²) in [6.07, 6.45) is 0. The molecule has 0 saturated carbocycles. The summed E-state index contributed by atoms with van der Waals surface area (Å²) in [5.74, 6) is -0.876. The van der Waals surface area contributed by atoms with Gasteiger partial charge in [0.15, 0.2) is 11.5 Å². The first-order chi connectivity index (χ1) is 15.4. The fourth-order valence-electron chi connectivity index (χ4n) is 3.75. The Hall–Kier alpha value is -3.29. The summed E-state index contributed by atoms with van der Waals surface area (Å²) in [5.41, 5.74) is 1.79. The zero-order valence-corrected chi connectivity index (χ0v) is 19.2. The van der Waals surface area contributed by atoms with Crippen LogP contribution in [0.4, 0.5) is 5.69 Å². The average molecular weight is 470 g/mol. The standard InChI is InChI=1S/C24H20ClNO5S/c1-13-10-11-32-23(13)20-19(21(27)14-4-9-17(30-2)18(12-14)31-3)22(28)24(29)26(20)16-7-5-15(25)6-8-16/h4-12,20,27H,1-3H3/b21-19-. The molecule has 1 amide bonds. The van der Waals surface area contributed by atoms with Crippen molar-refractivity contribution >= 4 is 46.1 Å². The van der Waals surface area contributed by atoms with Crippen LogP contribution in [0.1, 0.15) is 22.0 Å². The number of halogens is 1. The smallest absolute Gasteiger partial charge is 0.300 e. The maximum atomic E-state index is 13.2. The van der Waals surface area contributed by atoms with E-state index < -0.39 is 17.7 Å². The van der Waals surface area contributed by atoms with Crippen LogP contribution in [-0.2, 0) is 9.59 Å². The van der Waals surface area contributed by atoms with Crippen molar-refractivity contribution in [2.24, 2.45) is 0 Å². The summed E-state index contributed by atoms with van der Waals surface area (Å²) in [6.45, 7) is 1.91. The summed E-state index contributed by atoms with van der Waals surface area (Å²) >= 11 is 7.44. The first kappa shape index (κ1) is 21.9. The Morgan fingerprint density at radius 1 is 1.03 bits per heavy atom. The molecule has 164 valence electrons. The van der Waals surface area contributed by atoms with Gasteiger partial charge in [-0.2, -0.15) is 0 Å². The van der Waals surface area contributed by atoms with Crippen LogP contribution in [0.3, 0.4) is 0 Å². The lowest BCUT2D eigenvalue weighted by Crippen LogP contribution is -2.29. The Morgan fingerprint density at radius 3 is 2.31 bits per heavy atom. The number of ketones is 1. The number of aliphatic hydroxyl groups excluding tert-OH is 1. The molecular weight excluding hydrogens is 450 g/mol. The minimum Gasteiger partial charge on any atom is -0.507 e. The van der Waals surface area contributed by atoms with Gasteiger partial charge in [-0.15, -0.1) is 11.3 Å². The lowest BCUT2D eigenvalue weighted by molar-refractivity contribution is -0.132. The van der Waals surface area contributed by atoms with Crippen LogP contribution in [-0.4, -0.2) is 31.0 Å². The molecule has 1 aliphatic rings. The predicted molar refractivity (Wildman–Crippen MR) is 125 cm³/mol. The van der Waals surface area contributed by atoms with Crippen molar-refractivity contribution in [1.29, 1.82) is 0 Å². The van der Waals surface area contributed by atoms with Gasteiger partial charge in [-0.3, -0.25) is 14.5 Å². The van der Waals surface area contributed by atoms with Gasteiger partial charge in [0.25, 0.3) is 11.7 Å². The number of hydrogen-bond acceptors (Lipinski definition) is 6.